The van der Waals surface area contributed by atoms with Crippen LogP contribution in [-0.4, -0.2) is 57.1 Å². The number of sulfonamides is 1. The Bertz CT molecular complexity index is 1020. The van der Waals surface area contributed by atoms with Crippen molar-refractivity contribution in [3.63, 3.8) is 0 Å². The predicted octanol–water partition coefficient (Wildman–Crippen LogP) is 1.34. The van der Waals surface area contributed by atoms with E-state index in [4.69, 9.17) is 14.6 Å². The fraction of sp³-hybridized carbons (Fsp3) is 0.381. The molecular formula is C21H25N3O5S. The van der Waals surface area contributed by atoms with E-state index in [1.165, 1.54) is 17.7 Å². The zero-order valence-electron chi connectivity index (χ0n) is 16.6. The summed E-state index contributed by atoms with van der Waals surface area (Å²) in [6.45, 7) is 4.14. The van der Waals surface area contributed by atoms with Crippen LogP contribution in [-0.2, 0) is 27.8 Å². The molecule has 1 saturated heterocycles. The van der Waals surface area contributed by atoms with Crippen LogP contribution < -0.4 is 14.6 Å². The van der Waals surface area contributed by atoms with Crippen LogP contribution >= 0.6 is 0 Å². The molecule has 0 atom stereocenters. The molecular weight excluding hydrogens is 406 g/mol. The van der Waals surface area contributed by atoms with Crippen LogP contribution in [0.4, 0.5) is 0 Å². The maximum absolute atomic E-state index is 12.6. The highest BCUT2D eigenvalue weighted by Gasteiger charge is 2.22. The van der Waals surface area contributed by atoms with Gasteiger partial charge in [0.2, 0.25) is 22.7 Å². The average molecular weight is 432 g/mol. The summed E-state index contributed by atoms with van der Waals surface area (Å²) in [5.41, 5.74) is 2.08. The van der Waals surface area contributed by atoms with Crippen LogP contribution in [0.25, 0.3) is 0 Å². The third kappa shape index (κ3) is 4.92. The normalized spacial score (nSPS) is 16.6. The highest BCUT2D eigenvalue weighted by Crippen LogP contribution is 2.32. The van der Waals surface area contributed by atoms with E-state index in [2.05, 4.69) is 4.90 Å². The highest BCUT2D eigenvalue weighted by atomic mass is 32.2. The first kappa shape index (κ1) is 20.6. The monoisotopic (exact) mass is 431 g/mol. The van der Waals surface area contributed by atoms with Gasteiger partial charge in [-0.25, -0.2) is 13.6 Å². The zero-order valence-corrected chi connectivity index (χ0v) is 17.4. The molecule has 9 heteroatoms. The van der Waals surface area contributed by atoms with E-state index in [9.17, 15) is 13.2 Å². The zero-order chi connectivity index (χ0) is 21.1. The topological polar surface area (TPSA) is 102 Å². The van der Waals surface area contributed by atoms with Crippen LogP contribution in [0, 0.1) is 0 Å². The largest absolute Gasteiger partial charge is 0.454 e. The minimum absolute atomic E-state index is 0.0798. The lowest BCUT2D eigenvalue weighted by Crippen LogP contribution is -2.48. The molecule has 0 aliphatic carbocycles. The Labute approximate surface area is 176 Å². The maximum Gasteiger partial charge on any atom is 0.238 e. The van der Waals surface area contributed by atoms with Crippen molar-refractivity contribution in [2.24, 2.45) is 5.14 Å². The Kier molecular flexibility index (Phi) is 5.94. The van der Waals surface area contributed by atoms with Gasteiger partial charge in [-0.15, -0.1) is 0 Å². The van der Waals surface area contributed by atoms with Crippen molar-refractivity contribution in [2.45, 2.75) is 24.3 Å². The van der Waals surface area contributed by atoms with Gasteiger partial charge in [-0.1, -0.05) is 18.2 Å². The number of amides is 1. The molecule has 1 amide bonds. The van der Waals surface area contributed by atoms with Gasteiger partial charge < -0.3 is 14.4 Å². The Morgan fingerprint density at radius 1 is 0.933 bits per heavy atom. The van der Waals surface area contributed by atoms with Crippen molar-refractivity contribution in [2.75, 3.05) is 33.0 Å². The predicted molar refractivity (Wildman–Crippen MR) is 111 cm³/mol. The van der Waals surface area contributed by atoms with E-state index in [0.29, 0.717) is 25.9 Å². The van der Waals surface area contributed by atoms with Crippen LogP contribution in [0.5, 0.6) is 11.5 Å². The quantitative estimate of drug-likeness (QED) is 0.741. The first-order chi connectivity index (χ1) is 14.4. The molecule has 0 aromatic heterocycles. The number of nitrogens with two attached hydrogens (primary N) is 1. The Morgan fingerprint density at radius 2 is 1.60 bits per heavy atom. The molecule has 0 spiro atoms. The molecule has 0 bridgehead atoms. The number of ether oxygens (including phenoxy) is 2. The number of benzene rings is 2. The second-order valence-corrected chi connectivity index (χ2v) is 9.09. The van der Waals surface area contributed by atoms with Crippen molar-refractivity contribution < 1.29 is 22.7 Å². The number of hydrogen-bond donors (Lipinski definition) is 1. The summed E-state index contributed by atoms with van der Waals surface area (Å²) in [7, 11) is -3.69. The number of carbonyl (C=O) groups excluding carboxylic acids is 1. The van der Waals surface area contributed by atoms with E-state index in [0.717, 1.165) is 36.7 Å². The van der Waals surface area contributed by atoms with Crippen molar-refractivity contribution in [1.29, 1.82) is 0 Å². The number of fused-ring (bicyclic) bond motifs is 1. The standard InChI is InChI=1S/C21H25N3O5S/c22-30(26,27)18-5-1-16(2-6-18)4-8-21(25)24-11-9-23(10-12-24)14-17-3-7-19-20(13-17)29-15-28-19/h1-3,5-7,13H,4,8-12,14-15H2,(H2,22,26,27). The van der Waals surface area contributed by atoms with Gasteiger partial charge in [0.05, 0.1) is 4.90 Å². The molecule has 4 rings (SSSR count). The number of carbonyl (C=O) groups is 1. The first-order valence-electron chi connectivity index (χ1n) is 9.89. The molecule has 8 nitrogen and oxygen atoms in total. The lowest BCUT2D eigenvalue weighted by atomic mass is 10.1. The van der Waals surface area contributed by atoms with Crippen LogP contribution in [0.2, 0.25) is 0 Å². The Balaban J connectivity index is 1.23. The van der Waals surface area contributed by atoms with Gasteiger partial charge in [0.1, 0.15) is 0 Å². The van der Waals surface area contributed by atoms with Gasteiger partial charge in [-0.05, 0) is 41.8 Å². The second kappa shape index (κ2) is 8.63. The molecule has 30 heavy (non-hydrogen) atoms. The number of primary sulfonamides is 1. The third-order valence-corrected chi connectivity index (χ3v) is 6.38. The minimum Gasteiger partial charge on any atom is -0.454 e. The molecule has 0 radical (unpaired) electrons. The van der Waals surface area contributed by atoms with Crippen molar-refractivity contribution in [3.05, 3.63) is 53.6 Å². The molecule has 160 valence electrons. The molecule has 1 fully saturated rings. The lowest BCUT2D eigenvalue weighted by molar-refractivity contribution is -0.133. The summed E-state index contributed by atoms with van der Waals surface area (Å²) in [5, 5.41) is 5.11. The summed E-state index contributed by atoms with van der Waals surface area (Å²) < 4.78 is 33.4. The van der Waals surface area contributed by atoms with E-state index in [1.54, 1.807) is 12.1 Å². The molecule has 2 aromatic carbocycles. The molecule has 0 unspecified atom stereocenters. The van der Waals surface area contributed by atoms with Crippen LogP contribution in [0.1, 0.15) is 17.5 Å². The summed E-state index contributed by atoms with van der Waals surface area (Å²) in [6.07, 6.45) is 0.970. The molecule has 2 heterocycles. The number of piperazine rings is 1. The van der Waals surface area contributed by atoms with Crippen LogP contribution in [0.15, 0.2) is 47.4 Å². The fourth-order valence-electron chi connectivity index (χ4n) is 3.71. The van der Waals surface area contributed by atoms with Gasteiger partial charge in [0.15, 0.2) is 11.5 Å². The van der Waals surface area contributed by atoms with Crippen molar-refractivity contribution in [3.8, 4) is 11.5 Å². The van der Waals surface area contributed by atoms with Gasteiger partial charge in [-0.3, -0.25) is 9.69 Å². The fourth-order valence-corrected chi connectivity index (χ4v) is 4.22. The summed E-state index contributed by atoms with van der Waals surface area (Å²) in [6, 6.07) is 12.4. The van der Waals surface area contributed by atoms with Gasteiger partial charge in [0.25, 0.3) is 0 Å². The molecule has 0 saturated carbocycles. The second-order valence-electron chi connectivity index (χ2n) is 7.53. The van der Waals surface area contributed by atoms with E-state index in [1.807, 2.05) is 23.1 Å². The smallest absolute Gasteiger partial charge is 0.238 e. The van der Waals surface area contributed by atoms with Gasteiger partial charge in [0, 0.05) is 39.1 Å². The number of aryl methyl sites for hydroxylation is 1. The summed E-state index contributed by atoms with van der Waals surface area (Å²) >= 11 is 0. The lowest BCUT2D eigenvalue weighted by Gasteiger charge is -2.34. The number of rotatable bonds is 6. The SMILES string of the molecule is NS(=O)(=O)c1ccc(CCC(=O)N2CCN(Cc3ccc4c(c3)OCO4)CC2)cc1. The Hall–Kier alpha value is -2.62. The maximum atomic E-state index is 12.6. The summed E-state index contributed by atoms with van der Waals surface area (Å²) in [5.74, 6) is 1.69. The number of hydrogen-bond acceptors (Lipinski definition) is 6. The molecule has 2 aliphatic heterocycles. The molecule has 2 aliphatic rings. The molecule has 2 N–H and O–H groups in total. The summed E-state index contributed by atoms with van der Waals surface area (Å²) in [4.78, 5) is 16.9. The van der Waals surface area contributed by atoms with Crippen molar-refractivity contribution in [1.82, 2.24) is 9.80 Å². The number of nitrogens with zero attached hydrogens (tertiary/aromatic N) is 2. The van der Waals surface area contributed by atoms with Crippen molar-refractivity contribution >= 4 is 15.9 Å². The highest BCUT2D eigenvalue weighted by molar-refractivity contribution is 7.89. The van der Waals surface area contributed by atoms with Gasteiger partial charge >= 0.3 is 0 Å². The van der Waals surface area contributed by atoms with Gasteiger partial charge in [-0.2, -0.15) is 0 Å². The Morgan fingerprint density at radius 3 is 2.30 bits per heavy atom. The van der Waals surface area contributed by atoms with E-state index < -0.39 is 10.0 Å². The minimum atomic E-state index is -3.69. The van der Waals surface area contributed by atoms with E-state index >= 15 is 0 Å². The average Bonchev–Trinajstić information content (AvgIpc) is 3.20. The molecule has 2 aromatic rings. The van der Waals surface area contributed by atoms with E-state index in [-0.39, 0.29) is 17.6 Å². The van der Waals surface area contributed by atoms with Crippen LogP contribution in [0.3, 0.4) is 0 Å². The third-order valence-electron chi connectivity index (χ3n) is 5.45. The first-order valence-corrected chi connectivity index (χ1v) is 11.4.